The predicted molar refractivity (Wildman–Crippen MR) is 172 cm³/mol. The summed E-state index contributed by atoms with van der Waals surface area (Å²) in [6.45, 7) is 16.3. The lowest BCUT2D eigenvalue weighted by Crippen LogP contribution is -2.39. The maximum Gasteiger partial charge on any atom is 0.410 e. The van der Waals surface area contributed by atoms with Crippen molar-refractivity contribution >= 4 is 22.9 Å². The molecule has 2 saturated heterocycles. The van der Waals surface area contributed by atoms with E-state index in [9.17, 15) is 14.0 Å². The van der Waals surface area contributed by atoms with Crippen LogP contribution in [0.5, 0.6) is 0 Å². The second kappa shape index (κ2) is 12.9. The SMILES string of the molecule is Cc1cncc2c1c(CC1CCN(C[C@H]3CCN(C(=O)OC(C)(C)C)C3)CC1)cn2-c1ccc(F)cc1C(=O)N(C)C(C)C. The van der Waals surface area contributed by atoms with Gasteiger partial charge in [0, 0.05) is 50.5 Å². The van der Waals surface area contributed by atoms with Crippen LogP contribution in [0.4, 0.5) is 9.18 Å². The normalized spacial score (nSPS) is 18.4. The highest BCUT2D eigenvalue weighted by Crippen LogP contribution is 2.33. The van der Waals surface area contributed by atoms with Gasteiger partial charge in [0.15, 0.2) is 0 Å². The third-order valence-corrected chi connectivity index (χ3v) is 9.19. The number of piperidine rings is 1. The van der Waals surface area contributed by atoms with Gasteiger partial charge in [0.2, 0.25) is 0 Å². The first kappa shape index (κ1) is 31.9. The molecule has 2 amide bonds. The molecular weight excluding hydrogens is 557 g/mol. The number of carbonyl (C=O) groups excluding carboxylic acids is 2. The quantitative estimate of drug-likeness (QED) is 0.309. The molecule has 0 spiro atoms. The second-order valence-electron chi connectivity index (χ2n) is 14.1. The summed E-state index contributed by atoms with van der Waals surface area (Å²) in [5.74, 6) is 0.389. The van der Waals surface area contributed by atoms with Crippen molar-refractivity contribution in [3.05, 3.63) is 59.3 Å². The zero-order valence-electron chi connectivity index (χ0n) is 27.4. The second-order valence-corrected chi connectivity index (χ2v) is 14.1. The number of ether oxygens (including phenoxy) is 1. The van der Waals surface area contributed by atoms with E-state index in [1.807, 2.05) is 56.5 Å². The van der Waals surface area contributed by atoms with Crippen LogP contribution in [0.2, 0.25) is 0 Å². The van der Waals surface area contributed by atoms with Crippen LogP contribution in [0, 0.1) is 24.6 Å². The van der Waals surface area contributed by atoms with Crippen LogP contribution in [0.1, 0.15) is 75.4 Å². The third-order valence-electron chi connectivity index (χ3n) is 9.19. The van der Waals surface area contributed by atoms with Crippen molar-refractivity contribution in [2.75, 3.05) is 39.8 Å². The summed E-state index contributed by atoms with van der Waals surface area (Å²) in [6.07, 6.45) is 9.85. The molecule has 0 saturated carbocycles. The van der Waals surface area contributed by atoms with Crippen molar-refractivity contribution in [3.8, 4) is 5.69 Å². The van der Waals surface area contributed by atoms with Gasteiger partial charge in [-0.2, -0.15) is 0 Å². The van der Waals surface area contributed by atoms with Crippen molar-refractivity contribution < 1.29 is 18.7 Å². The molecule has 0 N–H and O–H groups in total. The number of hydrogen-bond donors (Lipinski definition) is 0. The van der Waals surface area contributed by atoms with Crippen LogP contribution >= 0.6 is 0 Å². The van der Waals surface area contributed by atoms with Gasteiger partial charge < -0.3 is 24.0 Å². The third kappa shape index (κ3) is 7.09. The average Bonchev–Trinajstić information content (AvgIpc) is 3.58. The lowest BCUT2D eigenvalue weighted by atomic mass is 9.89. The molecule has 0 aliphatic carbocycles. The van der Waals surface area contributed by atoms with Crippen molar-refractivity contribution in [2.24, 2.45) is 11.8 Å². The average molecular weight is 606 g/mol. The molecule has 4 heterocycles. The highest BCUT2D eigenvalue weighted by atomic mass is 19.1. The van der Waals surface area contributed by atoms with Gasteiger partial charge in [0.1, 0.15) is 11.4 Å². The first-order valence-electron chi connectivity index (χ1n) is 16.0. The zero-order valence-corrected chi connectivity index (χ0v) is 27.4. The minimum absolute atomic E-state index is 0.0112. The Morgan fingerprint density at radius 2 is 1.80 bits per heavy atom. The first-order chi connectivity index (χ1) is 20.8. The molecule has 2 aliphatic heterocycles. The highest BCUT2D eigenvalue weighted by Gasteiger charge is 2.32. The fourth-order valence-corrected chi connectivity index (χ4v) is 6.63. The summed E-state index contributed by atoms with van der Waals surface area (Å²) in [6, 6.07) is 4.46. The van der Waals surface area contributed by atoms with E-state index < -0.39 is 11.4 Å². The molecule has 2 aromatic heterocycles. The van der Waals surface area contributed by atoms with E-state index >= 15 is 0 Å². The number of halogens is 1. The van der Waals surface area contributed by atoms with Gasteiger partial charge in [0.25, 0.3) is 5.91 Å². The van der Waals surface area contributed by atoms with E-state index in [1.54, 1.807) is 18.0 Å². The Morgan fingerprint density at radius 1 is 1.09 bits per heavy atom. The van der Waals surface area contributed by atoms with Gasteiger partial charge in [-0.3, -0.25) is 9.78 Å². The summed E-state index contributed by atoms with van der Waals surface area (Å²) in [5.41, 5.74) is 3.81. The molecule has 5 rings (SSSR count). The minimum Gasteiger partial charge on any atom is -0.444 e. The number of rotatable bonds is 7. The maximum atomic E-state index is 14.4. The van der Waals surface area contributed by atoms with E-state index in [0.29, 0.717) is 23.1 Å². The number of aryl methyl sites for hydroxylation is 1. The summed E-state index contributed by atoms with van der Waals surface area (Å²) >= 11 is 0. The molecule has 2 fully saturated rings. The molecule has 3 aromatic rings. The fourth-order valence-electron chi connectivity index (χ4n) is 6.63. The fraction of sp³-hybridized carbons (Fsp3) is 0.571. The van der Waals surface area contributed by atoms with Crippen LogP contribution in [0.25, 0.3) is 16.6 Å². The number of benzene rings is 1. The van der Waals surface area contributed by atoms with E-state index in [1.165, 1.54) is 17.7 Å². The number of aromatic nitrogens is 2. The van der Waals surface area contributed by atoms with Gasteiger partial charge in [-0.1, -0.05) is 0 Å². The van der Waals surface area contributed by atoms with E-state index in [-0.39, 0.29) is 18.0 Å². The lowest BCUT2D eigenvalue weighted by Gasteiger charge is -2.33. The number of hydrogen-bond acceptors (Lipinski definition) is 5. The molecule has 44 heavy (non-hydrogen) atoms. The summed E-state index contributed by atoms with van der Waals surface area (Å²) in [7, 11) is 1.75. The minimum atomic E-state index is -0.471. The standard InChI is InChI=1S/C35H48FN5O3/c1-23(2)38(7)33(42)29-17-28(36)8-9-30(29)41-22-27(32-24(3)18-37-19-31(32)41)16-25-10-13-39(14-11-25)20-26-12-15-40(21-26)34(43)44-35(4,5)6/h8-9,17-19,22-23,25-26H,10-16,20-21H2,1-7H3/t26-/m1/s1. The monoisotopic (exact) mass is 605 g/mol. The number of carbonyl (C=O) groups is 2. The van der Waals surface area contributed by atoms with Gasteiger partial charge in [0.05, 0.1) is 23.0 Å². The van der Waals surface area contributed by atoms with Crippen LogP contribution in [0.3, 0.4) is 0 Å². The largest absolute Gasteiger partial charge is 0.444 e. The van der Waals surface area contributed by atoms with Crippen LogP contribution in [-0.4, -0.2) is 87.7 Å². The van der Waals surface area contributed by atoms with E-state index in [2.05, 4.69) is 23.0 Å². The predicted octanol–water partition coefficient (Wildman–Crippen LogP) is 6.46. The number of fused-ring (bicyclic) bond motifs is 1. The molecule has 238 valence electrons. The molecule has 2 aliphatic rings. The molecule has 9 heteroatoms. The van der Waals surface area contributed by atoms with Crippen molar-refractivity contribution in [1.29, 1.82) is 0 Å². The topological polar surface area (TPSA) is 70.9 Å². The number of pyridine rings is 1. The molecule has 0 unspecified atom stereocenters. The molecule has 8 nitrogen and oxygen atoms in total. The Hall–Kier alpha value is -3.46. The molecule has 0 bridgehead atoms. The zero-order chi connectivity index (χ0) is 31.8. The Kier molecular flexibility index (Phi) is 9.35. The maximum absolute atomic E-state index is 14.4. The highest BCUT2D eigenvalue weighted by molar-refractivity contribution is 5.99. The van der Waals surface area contributed by atoms with Gasteiger partial charge >= 0.3 is 6.09 Å². The molecule has 0 radical (unpaired) electrons. The first-order valence-corrected chi connectivity index (χ1v) is 16.0. The smallest absolute Gasteiger partial charge is 0.410 e. The van der Waals surface area contributed by atoms with Crippen LogP contribution in [0.15, 0.2) is 36.8 Å². The lowest BCUT2D eigenvalue weighted by molar-refractivity contribution is 0.0284. The van der Waals surface area contributed by atoms with Gasteiger partial charge in [-0.15, -0.1) is 0 Å². The summed E-state index contributed by atoms with van der Waals surface area (Å²) in [4.78, 5) is 36.4. The van der Waals surface area contributed by atoms with Crippen LogP contribution < -0.4 is 0 Å². The Labute approximate surface area is 261 Å². The number of amides is 2. The Balaban J connectivity index is 1.28. The van der Waals surface area contributed by atoms with E-state index in [4.69, 9.17) is 4.74 Å². The Morgan fingerprint density at radius 3 is 2.48 bits per heavy atom. The number of likely N-dealkylation sites (tertiary alicyclic amines) is 2. The van der Waals surface area contributed by atoms with Gasteiger partial charge in [-0.25, -0.2) is 9.18 Å². The summed E-state index contributed by atoms with van der Waals surface area (Å²) < 4.78 is 22.0. The number of nitrogens with zero attached hydrogens (tertiary/aromatic N) is 5. The molecular formula is C35H48FN5O3. The van der Waals surface area contributed by atoms with Crippen molar-refractivity contribution in [2.45, 2.75) is 78.9 Å². The van der Waals surface area contributed by atoms with Gasteiger partial charge in [-0.05, 0) is 121 Å². The van der Waals surface area contributed by atoms with Crippen molar-refractivity contribution in [3.63, 3.8) is 0 Å². The van der Waals surface area contributed by atoms with Crippen LogP contribution in [-0.2, 0) is 11.2 Å². The van der Waals surface area contributed by atoms with Crippen molar-refractivity contribution in [1.82, 2.24) is 24.3 Å². The van der Waals surface area contributed by atoms with E-state index in [0.717, 1.165) is 74.9 Å². The molecule has 1 atom stereocenters. The summed E-state index contributed by atoms with van der Waals surface area (Å²) in [5, 5.41) is 1.16. The Bertz CT molecular complexity index is 1500. The molecule has 1 aromatic carbocycles.